The van der Waals surface area contributed by atoms with Crippen molar-refractivity contribution in [3.63, 3.8) is 0 Å². The van der Waals surface area contributed by atoms with Crippen LogP contribution in [0, 0.1) is 28.6 Å². The van der Waals surface area contributed by atoms with Gasteiger partial charge in [0.25, 0.3) is 0 Å². The highest BCUT2D eigenvalue weighted by molar-refractivity contribution is 5.28. The van der Waals surface area contributed by atoms with Crippen LogP contribution in [0.4, 0.5) is 0 Å². The van der Waals surface area contributed by atoms with E-state index >= 15 is 0 Å². The standard InChI is InChI=1S/C22H32O3/c1-19-9-10-22(23-11-12-24-22)13-15(19)3-4-16-17(19)5-7-20(2)18(16)6-8-21(20)14-25-21/h3,16-18H,4-14H2,1-2H3/t16?,17?,18?,19-,20-,21?/m0/s1. The van der Waals surface area contributed by atoms with Gasteiger partial charge in [0.05, 0.1) is 25.4 Å². The van der Waals surface area contributed by atoms with E-state index in [0.717, 1.165) is 50.4 Å². The number of allylic oxidation sites excluding steroid dienone is 1. The molecule has 4 unspecified atom stereocenters. The highest BCUT2D eigenvalue weighted by Gasteiger charge is 2.69. The van der Waals surface area contributed by atoms with Crippen LogP contribution < -0.4 is 0 Å². The minimum Gasteiger partial charge on any atom is -0.369 e. The number of ether oxygens (including phenoxy) is 3. The minimum absolute atomic E-state index is 0.273. The number of hydrogen-bond acceptors (Lipinski definition) is 3. The highest BCUT2D eigenvalue weighted by atomic mass is 16.7. The van der Waals surface area contributed by atoms with Crippen LogP contribution in [0.3, 0.4) is 0 Å². The van der Waals surface area contributed by atoms with E-state index in [1.807, 2.05) is 0 Å². The quantitative estimate of drug-likeness (QED) is 0.480. The summed E-state index contributed by atoms with van der Waals surface area (Å²) < 4.78 is 18.2. The molecule has 6 aliphatic rings. The fraction of sp³-hybridized carbons (Fsp3) is 0.909. The molecule has 0 amide bonds. The average Bonchev–Trinajstić information content (AvgIpc) is 3.18. The lowest BCUT2D eigenvalue weighted by molar-refractivity contribution is -0.185. The lowest BCUT2D eigenvalue weighted by Crippen LogP contribution is -2.53. The van der Waals surface area contributed by atoms with Gasteiger partial charge in [-0.15, -0.1) is 0 Å². The van der Waals surface area contributed by atoms with Crippen LogP contribution in [-0.4, -0.2) is 31.2 Å². The van der Waals surface area contributed by atoms with Gasteiger partial charge in [-0.1, -0.05) is 25.5 Å². The Balaban J connectivity index is 1.33. The van der Waals surface area contributed by atoms with E-state index in [1.165, 1.54) is 38.5 Å². The molecule has 6 atom stereocenters. The molecule has 0 N–H and O–H groups in total. The third kappa shape index (κ3) is 1.83. The second-order valence-electron chi connectivity index (χ2n) is 10.3. The van der Waals surface area contributed by atoms with Gasteiger partial charge in [-0.2, -0.15) is 0 Å². The largest absolute Gasteiger partial charge is 0.369 e. The smallest absolute Gasteiger partial charge is 0.172 e. The normalized spacial score (nSPS) is 55.6. The number of epoxide rings is 1. The van der Waals surface area contributed by atoms with Gasteiger partial charge in [0, 0.05) is 18.3 Å². The first-order valence-corrected chi connectivity index (χ1v) is 10.6. The van der Waals surface area contributed by atoms with E-state index in [1.54, 1.807) is 5.57 Å². The molecule has 2 aliphatic heterocycles. The van der Waals surface area contributed by atoms with Gasteiger partial charge in [-0.25, -0.2) is 0 Å². The summed E-state index contributed by atoms with van der Waals surface area (Å²) in [7, 11) is 0. The molecule has 2 spiro atoms. The molecule has 3 saturated carbocycles. The predicted molar refractivity (Wildman–Crippen MR) is 95.0 cm³/mol. The van der Waals surface area contributed by atoms with Crippen molar-refractivity contribution in [1.82, 2.24) is 0 Å². The molecule has 6 rings (SSSR count). The Morgan fingerprint density at radius 1 is 0.920 bits per heavy atom. The van der Waals surface area contributed by atoms with Crippen LogP contribution in [0.15, 0.2) is 11.6 Å². The summed E-state index contributed by atoms with van der Waals surface area (Å²) in [6, 6.07) is 0. The Labute approximate surface area is 151 Å². The Kier molecular flexibility index (Phi) is 2.95. The Morgan fingerprint density at radius 3 is 2.44 bits per heavy atom. The number of fused-ring (bicyclic) bond motifs is 6. The fourth-order valence-corrected chi connectivity index (χ4v) is 8.00. The van der Waals surface area contributed by atoms with E-state index in [4.69, 9.17) is 14.2 Å². The summed E-state index contributed by atoms with van der Waals surface area (Å²) in [5.41, 5.74) is 2.75. The highest BCUT2D eigenvalue weighted by Crippen LogP contribution is 2.71. The molecule has 0 aromatic rings. The average molecular weight is 344 g/mol. The second kappa shape index (κ2) is 4.72. The summed E-state index contributed by atoms with van der Waals surface area (Å²) in [4.78, 5) is 0. The Morgan fingerprint density at radius 2 is 1.68 bits per heavy atom. The second-order valence-corrected chi connectivity index (χ2v) is 10.3. The van der Waals surface area contributed by atoms with Gasteiger partial charge >= 0.3 is 0 Å². The minimum atomic E-state index is -0.277. The summed E-state index contributed by atoms with van der Waals surface area (Å²) in [5, 5.41) is 0. The van der Waals surface area contributed by atoms with Crippen molar-refractivity contribution in [3.05, 3.63) is 11.6 Å². The van der Waals surface area contributed by atoms with Crippen molar-refractivity contribution >= 4 is 0 Å². The molecule has 25 heavy (non-hydrogen) atoms. The third-order valence-corrected chi connectivity index (χ3v) is 9.71. The SMILES string of the molecule is C[C@]12CCC3(CC1=CCC1C2CC[C@@]2(C)C1CCC21CO1)OCCO3. The van der Waals surface area contributed by atoms with Crippen LogP contribution in [-0.2, 0) is 14.2 Å². The molecule has 0 radical (unpaired) electrons. The van der Waals surface area contributed by atoms with Crippen molar-refractivity contribution in [2.75, 3.05) is 19.8 Å². The first-order chi connectivity index (χ1) is 12.0. The molecule has 0 aromatic carbocycles. The molecule has 0 bridgehead atoms. The van der Waals surface area contributed by atoms with E-state index in [0.29, 0.717) is 10.8 Å². The summed E-state index contributed by atoms with van der Waals surface area (Å²) in [6.07, 6.45) is 12.7. The number of hydrogen-bond donors (Lipinski definition) is 0. The zero-order valence-corrected chi connectivity index (χ0v) is 15.8. The van der Waals surface area contributed by atoms with Crippen molar-refractivity contribution in [2.24, 2.45) is 28.6 Å². The maximum absolute atomic E-state index is 6.06. The predicted octanol–water partition coefficient (Wildman–Crippen LogP) is 4.46. The van der Waals surface area contributed by atoms with E-state index in [2.05, 4.69) is 19.9 Å². The van der Waals surface area contributed by atoms with E-state index < -0.39 is 0 Å². The maximum Gasteiger partial charge on any atom is 0.172 e. The lowest BCUT2D eigenvalue weighted by Gasteiger charge is -2.58. The van der Waals surface area contributed by atoms with Crippen molar-refractivity contribution in [2.45, 2.75) is 76.6 Å². The first-order valence-electron chi connectivity index (χ1n) is 10.6. The van der Waals surface area contributed by atoms with Crippen molar-refractivity contribution in [1.29, 1.82) is 0 Å². The number of rotatable bonds is 0. The van der Waals surface area contributed by atoms with Gasteiger partial charge in [0.1, 0.15) is 0 Å². The molecule has 3 nitrogen and oxygen atoms in total. The Hall–Kier alpha value is -0.380. The van der Waals surface area contributed by atoms with Crippen LogP contribution in [0.1, 0.15) is 65.2 Å². The summed E-state index contributed by atoms with van der Waals surface area (Å²) in [5.74, 6) is 2.33. The topological polar surface area (TPSA) is 31.0 Å². The fourth-order valence-electron chi connectivity index (χ4n) is 8.00. The van der Waals surface area contributed by atoms with Crippen molar-refractivity contribution < 1.29 is 14.2 Å². The van der Waals surface area contributed by atoms with Crippen LogP contribution >= 0.6 is 0 Å². The molecule has 5 fully saturated rings. The molecule has 2 heterocycles. The van der Waals surface area contributed by atoms with Gasteiger partial charge < -0.3 is 14.2 Å². The molecular weight excluding hydrogens is 312 g/mol. The molecule has 0 aromatic heterocycles. The lowest BCUT2D eigenvalue weighted by atomic mass is 9.47. The van der Waals surface area contributed by atoms with Crippen molar-refractivity contribution in [3.8, 4) is 0 Å². The Bertz CT molecular complexity index is 629. The van der Waals surface area contributed by atoms with Gasteiger partial charge in [0.15, 0.2) is 5.79 Å². The van der Waals surface area contributed by atoms with Gasteiger partial charge in [-0.05, 0) is 61.7 Å². The van der Waals surface area contributed by atoms with Gasteiger partial charge in [-0.3, -0.25) is 0 Å². The molecule has 138 valence electrons. The maximum atomic E-state index is 6.06. The van der Waals surface area contributed by atoms with Crippen LogP contribution in [0.2, 0.25) is 0 Å². The monoisotopic (exact) mass is 344 g/mol. The van der Waals surface area contributed by atoms with E-state index in [9.17, 15) is 0 Å². The zero-order chi connectivity index (χ0) is 16.9. The third-order valence-electron chi connectivity index (χ3n) is 9.71. The molecule has 2 saturated heterocycles. The van der Waals surface area contributed by atoms with E-state index in [-0.39, 0.29) is 11.4 Å². The van der Waals surface area contributed by atoms with Gasteiger partial charge in [0.2, 0.25) is 0 Å². The van der Waals surface area contributed by atoms with Crippen LogP contribution in [0.5, 0.6) is 0 Å². The molecule has 3 heteroatoms. The molecule has 4 aliphatic carbocycles. The van der Waals surface area contributed by atoms with Crippen LogP contribution in [0.25, 0.3) is 0 Å². The molecular formula is C22H32O3. The first kappa shape index (κ1) is 15.7. The summed E-state index contributed by atoms with van der Waals surface area (Å²) in [6.45, 7) is 7.72. The zero-order valence-electron chi connectivity index (χ0n) is 15.8. The summed E-state index contributed by atoms with van der Waals surface area (Å²) >= 11 is 0.